The van der Waals surface area contributed by atoms with Gasteiger partial charge >= 0.3 is 0 Å². The minimum Gasteiger partial charge on any atom is -0.464 e. The molecule has 2 heterocycles. The normalized spacial score (nSPS) is 13.9. The second-order valence-electron chi connectivity index (χ2n) is 9.40. The van der Waals surface area contributed by atoms with Crippen LogP contribution in [0.2, 0.25) is 0 Å². The molecule has 1 aromatic heterocycles. The van der Waals surface area contributed by atoms with E-state index in [0.717, 1.165) is 48.5 Å². The van der Waals surface area contributed by atoms with Crippen molar-refractivity contribution in [3.8, 4) is 0 Å². The molecule has 2 aromatic carbocycles. The molecule has 7 nitrogen and oxygen atoms in total. The van der Waals surface area contributed by atoms with Gasteiger partial charge in [-0.3, -0.25) is 9.59 Å². The third kappa shape index (κ3) is 5.85. The fourth-order valence-corrected chi connectivity index (χ4v) is 4.61. The number of furan rings is 1. The van der Waals surface area contributed by atoms with Gasteiger partial charge in [-0.25, -0.2) is 0 Å². The molecular weight excluding hydrogens is 442 g/mol. The summed E-state index contributed by atoms with van der Waals surface area (Å²) in [4.78, 5) is 29.6. The van der Waals surface area contributed by atoms with E-state index in [0.29, 0.717) is 18.2 Å². The number of likely N-dealkylation sites (N-methyl/N-ethyl adjacent to an activating group) is 1. The van der Waals surface area contributed by atoms with E-state index in [9.17, 15) is 9.59 Å². The molecule has 186 valence electrons. The number of carbonyl (C=O) groups is 2. The minimum absolute atomic E-state index is 0.00663. The van der Waals surface area contributed by atoms with Gasteiger partial charge in [-0.05, 0) is 67.3 Å². The van der Waals surface area contributed by atoms with Crippen LogP contribution in [0.1, 0.15) is 43.4 Å². The van der Waals surface area contributed by atoms with E-state index in [4.69, 9.17) is 9.15 Å². The maximum Gasteiger partial charge on any atom is 0.243 e. The Labute approximate surface area is 207 Å². The average Bonchev–Trinajstić information content (AvgIpc) is 3.23. The number of amides is 2. The number of carbonyl (C=O) groups excluding carboxylic acids is 2. The first-order valence-corrected chi connectivity index (χ1v) is 12.4. The lowest BCUT2D eigenvalue weighted by Crippen LogP contribution is -2.38. The number of rotatable bonds is 8. The maximum absolute atomic E-state index is 13.1. The van der Waals surface area contributed by atoms with Crippen LogP contribution < -0.4 is 10.2 Å². The Balaban J connectivity index is 1.37. The molecule has 1 fully saturated rings. The summed E-state index contributed by atoms with van der Waals surface area (Å²) in [7, 11) is 0. The van der Waals surface area contributed by atoms with Crippen molar-refractivity contribution in [3.63, 3.8) is 0 Å². The molecule has 0 radical (unpaired) electrons. The van der Waals surface area contributed by atoms with Crippen LogP contribution >= 0.6 is 0 Å². The molecule has 4 rings (SSSR count). The smallest absolute Gasteiger partial charge is 0.243 e. The van der Waals surface area contributed by atoms with Gasteiger partial charge in [-0.2, -0.15) is 0 Å². The number of aryl methyl sites for hydroxylation is 1. The molecule has 0 aliphatic carbocycles. The monoisotopic (exact) mass is 477 g/mol. The standard InChI is InChI=1S/C28H35N3O4/c1-5-30(17-27(32)29-22-6-8-23(9-7-22)31-10-12-34-13-11-31)28(33)15-21-18-35-26-14-20(4)24(19(2)3)16-25(21)26/h6-9,14,16,18-19H,5,10-13,15,17H2,1-4H3,(H,29,32). The molecule has 0 spiro atoms. The Morgan fingerprint density at radius 3 is 2.49 bits per heavy atom. The second-order valence-corrected chi connectivity index (χ2v) is 9.40. The Bertz CT molecular complexity index is 1180. The molecule has 3 aromatic rings. The predicted molar refractivity (Wildman–Crippen MR) is 139 cm³/mol. The molecule has 2 amide bonds. The maximum atomic E-state index is 13.1. The van der Waals surface area contributed by atoms with Gasteiger partial charge in [0.1, 0.15) is 5.58 Å². The number of nitrogens with one attached hydrogen (secondary N) is 1. The van der Waals surface area contributed by atoms with Crippen molar-refractivity contribution >= 4 is 34.2 Å². The van der Waals surface area contributed by atoms with Crippen LogP contribution in [0.3, 0.4) is 0 Å². The Morgan fingerprint density at radius 1 is 1.11 bits per heavy atom. The highest BCUT2D eigenvalue weighted by Crippen LogP contribution is 2.29. The number of anilines is 2. The summed E-state index contributed by atoms with van der Waals surface area (Å²) >= 11 is 0. The third-order valence-corrected chi connectivity index (χ3v) is 6.60. The first-order chi connectivity index (χ1) is 16.9. The van der Waals surface area contributed by atoms with Gasteiger partial charge in [0.25, 0.3) is 0 Å². The van der Waals surface area contributed by atoms with Crippen LogP contribution in [0.5, 0.6) is 0 Å². The zero-order chi connectivity index (χ0) is 24.9. The largest absolute Gasteiger partial charge is 0.464 e. The van der Waals surface area contributed by atoms with Crippen LogP contribution in [-0.2, 0) is 20.7 Å². The molecule has 7 heteroatoms. The zero-order valence-corrected chi connectivity index (χ0v) is 21.1. The van der Waals surface area contributed by atoms with Crippen molar-refractivity contribution in [2.75, 3.05) is 49.6 Å². The molecule has 0 saturated carbocycles. The van der Waals surface area contributed by atoms with Crippen molar-refractivity contribution < 1.29 is 18.7 Å². The first kappa shape index (κ1) is 24.8. The van der Waals surface area contributed by atoms with E-state index in [1.54, 1.807) is 11.2 Å². The SMILES string of the molecule is CCN(CC(=O)Nc1ccc(N2CCOCC2)cc1)C(=O)Cc1coc2cc(C)c(C(C)C)cc12. The Hall–Kier alpha value is -3.32. The fourth-order valence-electron chi connectivity index (χ4n) is 4.61. The molecule has 35 heavy (non-hydrogen) atoms. The van der Waals surface area contributed by atoms with Crippen molar-refractivity contribution in [3.05, 3.63) is 59.4 Å². The summed E-state index contributed by atoms with van der Waals surface area (Å²) in [6, 6.07) is 12.0. The quantitative estimate of drug-likeness (QED) is 0.508. The van der Waals surface area contributed by atoms with Crippen LogP contribution in [0.25, 0.3) is 11.0 Å². The number of morpholine rings is 1. The third-order valence-electron chi connectivity index (χ3n) is 6.60. The summed E-state index contributed by atoms with van der Waals surface area (Å²) < 4.78 is 11.1. The van der Waals surface area contributed by atoms with Crippen LogP contribution in [0.4, 0.5) is 11.4 Å². The van der Waals surface area contributed by atoms with Gasteiger partial charge in [0.05, 0.1) is 32.4 Å². The van der Waals surface area contributed by atoms with E-state index < -0.39 is 0 Å². The number of hydrogen-bond acceptors (Lipinski definition) is 5. The highest BCUT2D eigenvalue weighted by Gasteiger charge is 2.20. The van der Waals surface area contributed by atoms with E-state index >= 15 is 0 Å². The van der Waals surface area contributed by atoms with Gasteiger partial charge in [0.2, 0.25) is 11.8 Å². The second kappa shape index (κ2) is 11.0. The predicted octanol–water partition coefficient (Wildman–Crippen LogP) is 4.73. The number of fused-ring (bicyclic) bond motifs is 1. The highest BCUT2D eigenvalue weighted by molar-refractivity contribution is 5.95. The minimum atomic E-state index is -0.214. The summed E-state index contributed by atoms with van der Waals surface area (Å²) in [5, 5.41) is 3.88. The average molecular weight is 478 g/mol. The molecule has 0 unspecified atom stereocenters. The topological polar surface area (TPSA) is 75.0 Å². The van der Waals surface area contributed by atoms with E-state index in [2.05, 4.69) is 37.1 Å². The highest BCUT2D eigenvalue weighted by atomic mass is 16.5. The van der Waals surface area contributed by atoms with E-state index in [-0.39, 0.29) is 24.8 Å². The fraction of sp³-hybridized carbons (Fsp3) is 0.429. The van der Waals surface area contributed by atoms with Crippen molar-refractivity contribution in [2.24, 2.45) is 0 Å². The van der Waals surface area contributed by atoms with Gasteiger partial charge in [0, 0.05) is 42.0 Å². The number of nitrogens with zero attached hydrogens (tertiary/aromatic N) is 2. The van der Waals surface area contributed by atoms with Crippen LogP contribution in [0.15, 0.2) is 47.1 Å². The van der Waals surface area contributed by atoms with Gasteiger partial charge in [-0.1, -0.05) is 13.8 Å². The first-order valence-electron chi connectivity index (χ1n) is 12.4. The van der Waals surface area contributed by atoms with Crippen LogP contribution in [-0.4, -0.2) is 56.1 Å². The van der Waals surface area contributed by atoms with Crippen molar-refractivity contribution in [1.82, 2.24) is 4.90 Å². The number of hydrogen-bond donors (Lipinski definition) is 1. The number of ether oxygens (including phenoxy) is 1. The lowest BCUT2D eigenvalue weighted by atomic mass is 9.95. The summed E-state index contributed by atoms with van der Waals surface area (Å²) in [6.07, 6.45) is 1.86. The molecule has 0 bridgehead atoms. The lowest BCUT2D eigenvalue weighted by molar-refractivity contribution is -0.133. The summed E-state index contributed by atoms with van der Waals surface area (Å²) in [5.41, 5.74) is 5.90. The number of benzene rings is 2. The van der Waals surface area contributed by atoms with Crippen molar-refractivity contribution in [2.45, 2.75) is 40.0 Å². The van der Waals surface area contributed by atoms with Gasteiger partial charge in [-0.15, -0.1) is 0 Å². The molecule has 0 atom stereocenters. The van der Waals surface area contributed by atoms with E-state index in [1.165, 1.54) is 11.1 Å². The zero-order valence-electron chi connectivity index (χ0n) is 21.1. The molecule has 1 N–H and O–H groups in total. The van der Waals surface area contributed by atoms with Gasteiger partial charge < -0.3 is 24.3 Å². The van der Waals surface area contributed by atoms with Gasteiger partial charge in [0.15, 0.2) is 0 Å². The molecule has 1 saturated heterocycles. The summed E-state index contributed by atoms with van der Waals surface area (Å²) in [6.45, 7) is 11.9. The Kier molecular flexibility index (Phi) is 7.76. The molecule has 1 aliphatic rings. The van der Waals surface area contributed by atoms with Crippen molar-refractivity contribution in [1.29, 1.82) is 0 Å². The Morgan fingerprint density at radius 2 is 1.83 bits per heavy atom. The van der Waals surface area contributed by atoms with Crippen LogP contribution in [0, 0.1) is 6.92 Å². The van der Waals surface area contributed by atoms with E-state index in [1.807, 2.05) is 37.3 Å². The molecular formula is C28H35N3O4. The lowest BCUT2D eigenvalue weighted by Gasteiger charge is -2.29. The molecule has 1 aliphatic heterocycles. The summed E-state index contributed by atoms with van der Waals surface area (Å²) in [5.74, 6) is 0.0744.